The fourth-order valence-electron chi connectivity index (χ4n) is 3.91. The topological polar surface area (TPSA) is 78.5 Å². The van der Waals surface area contributed by atoms with Crippen LogP contribution in [0.5, 0.6) is 0 Å². The fourth-order valence-corrected chi connectivity index (χ4v) is 3.91. The van der Waals surface area contributed by atoms with Gasteiger partial charge in [-0.1, -0.05) is 54.6 Å². The molecule has 150 valence electrons. The van der Waals surface area contributed by atoms with Gasteiger partial charge in [-0.05, 0) is 49.3 Å². The third-order valence-corrected chi connectivity index (χ3v) is 5.89. The zero-order valence-electron chi connectivity index (χ0n) is 16.6. The molecule has 4 amide bonds. The smallest absolute Gasteiger partial charge is 0.325 e. The molecule has 2 atom stereocenters. The number of benzene rings is 2. The number of amides is 4. The number of hydrogen-bond acceptors (Lipinski definition) is 3. The van der Waals surface area contributed by atoms with Gasteiger partial charge in [0.05, 0.1) is 6.04 Å². The van der Waals surface area contributed by atoms with Gasteiger partial charge < -0.3 is 10.6 Å². The van der Waals surface area contributed by atoms with Crippen LogP contribution in [0.3, 0.4) is 0 Å². The minimum atomic E-state index is -0.865. The molecule has 2 aromatic carbocycles. The van der Waals surface area contributed by atoms with E-state index in [9.17, 15) is 14.4 Å². The average Bonchev–Trinajstić information content (AvgIpc) is 3.55. The lowest BCUT2D eigenvalue weighted by molar-refractivity contribution is -0.135. The Morgan fingerprint density at radius 1 is 1.10 bits per heavy atom. The van der Waals surface area contributed by atoms with E-state index in [2.05, 4.69) is 10.6 Å². The molecule has 4 rings (SSSR count). The number of imide groups is 1. The number of nitrogens with one attached hydrogen (secondary N) is 2. The van der Waals surface area contributed by atoms with Crippen LogP contribution in [0.25, 0.3) is 11.1 Å². The van der Waals surface area contributed by atoms with Gasteiger partial charge in [0.25, 0.3) is 5.91 Å². The van der Waals surface area contributed by atoms with Crippen LogP contribution in [0.2, 0.25) is 0 Å². The number of carbonyl (C=O) groups is 3. The van der Waals surface area contributed by atoms with E-state index in [1.165, 1.54) is 0 Å². The van der Waals surface area contributed by atoms with Crippen molar-refractivity contribution in [2.24, 2.45) is 5.92 Å². The fraction of sp³-hybridized carbons (Fsp3) is 0.348. The first-order valence-corrected chi connectivity index (χ1v) is 9.97. The van der Waals surface area contributed by atoms with Crippen LogP contribution in [0.1, 0.15) is 38.3 Å². The van der Waals surface area contributed by atoms with Crippen molar-refractivity contribution in [3.8, 4) is 11.1 Å². The summed E-state index contributed by atoms with van der Waals surface area (Å²) in [5, 5.41) is 5.64. The number of rotatable bonds is 6. The molecule has 0 spiro atoms. The molecule has 0 bridgehead atoms. The average molecular weight is 391 g/mol. The zero-order valence-corrected chi connectivity index (χ0v) is 16.6. The van der Waals surface area contributed by atoms with Crippen molar-refractivity contribution in [1.82, 2.24) is 15.5 Å². The first-order valence-electron chi connectivity index (χ1n) is 9.97. The van der Waals surface area contributed by atoms with Crippen LogP contribution in [0, 0.1) is 5.92 Å². The van der Waals surface area contributed by atoms with Crippen LogP contribution in [0.15, 0.2) is 54.6 Å². The molecule has 0 radical (unpaired) electrons. The highest BCUT2D eigenvalue weighted by molar-refractivity contribution is 6.09. The van der Waals surface area contributed by atoms with Gasteiger partial charge >= 0.3 is 6.03 Å². The van der Waals surface area contributed by atoms with Crippen LogP contribution in [-0.2, 0) is 9.59 Å². The van der Waals surface area contributed by atoms with Gasteiger partial charge in [-0.2, -0.15) is 0 Å². The van der Waals surface area contributed by atoms with E-state index in [0.717, 1.165) is 34.4 Å². The number of urea groups is 1. The summed E-state index contributed by atoms with van der Waals surface area (Å²) in [6.07, 6.45) is 1.86. The number of nitrogens with zero attached hydrogens (tertiary/aromatic N) is 1. The van der Waals surface area contributed by atoms with Gasteiger partial charge in [0.15, 0.2) is 0 Å². The molecule has 2 aromatic rings. The van der Waals surface area contributed by atoms with Crippen molar-refractivity contribution in [3.63, 3.8) is 0 Å². The third kappa shape index (κ3) is 3.75. The number of carbonyl (C=O) groups excluding carboxylic acids is 3. The lowest BCUT2D eigenvalue weighted by Crippen LogP contribution is -2.47. The molecule has 2 N–H and O–H groups in total. The Morgan fingerprint density at radius 2 is 1.72 bits per heavy atom. The van der Waals surface area contributed by atoms with Crippen molar-refractivity contribution in [2.45, 2.75) is 38.3 Å². The normalized spacial score (nSPS) is 22.3. The highest BCUT2D eigenvalue weighted by atomic mass is 16.2. The molecule has 29 heavy (non-hydrogen) atoms. The van der Waals surface area contributed by atoms with Gasteiger partial charge in [-0.3, -0.25) is 14.5 Å². The molecule has 1 aliphatic carbocycles. The van der Waals surface area contributed by atoms with E-state index in [4.69, 9.17) is 0 Å². The summed E-state index contributed by atoms with van der Waals surface area (Å²) in [5.41, 5.74) is 2.33. The summed E-state index contributed by atoms with van der Waals surface area (Å²) in [4.78, 5) is 38.4. The summed E-state index contributed by atoms with van der Waals surface area (Å²) in [6.45, 7) is 3.37. The Morgan fingerprint density at radius 3 is 2.34 bits per heavy atom. The molecule has 1 heterocycles. The Bertz CT molecular complexity index is 938. The van der Waals surface area contributed by atoms with Crippen molar-refractivity contribution in [3.05, 3.63) is 60.2 Å². The Balaban J connectivity index is 1.37. The van der Waals surface area contributed by atoms with E-state index < -0.39 is 11.6 Å². The highest BCUT2D eigenvalue weighted by Gasteiger charge is 2.56. The minimum Gasteiger partial charge on any atom is -0.348 e. The van der Waals surface area contributed by atoms with Gasteiger partial charge in [-0.15, -0.1) is 0 Å². The van der Waals surface area contributed by atoms with Crippen molar-refractivity contribution in [2.75, 3.05) is 6.54 Å². The van der Waals surface area contributed by atoms with E-state index in [1.54, 1.807) is 6.92 Å². The first kappa shape index (κ1) is 19.2. The summed E-state index contributed by atoms with van der Waals surface area (Å²) in [6, 6.07) is 17.3. The van der Waals surface area contributed by atoms with Crippen molar-refractivity contribution in [1.29, 1.82) is 0 Å². The predicted molar refractivity (Wildman–Crippen MR) is 110 cm³/mol. The molecule has 0 aromatic heterocycles. The molecule has 1 saturated carbocycles. The molecular weight excluding hydrogens is 366 g/mol. The number of hydrogen-bond donors (Lipinski definition) is 2. The Labute approximate surface area is 170 Å². The molecule has 0 unspecified atom stereocenters. The van der Waals surface area contributed by atoms with E-state index in [-0.39, 0.29) is 30.3 Å². The summed E-state index contributed by atoms with van der Waals surface area (Å²) in [7, 11) is 0. The van der Waals surface area contributed by atoms with Gasteiger partial charge in [-0.25, -0.2) is 4.79 Å². The maximum atomic E-state index is 12.6. The monoisotopic (exact) mass is 391 g/mol. The second-order valence-electron chi connectivity index (χ2n) is 8.08. The van der Waals surface area contributed by atoms with Crippen molar-refractivity contribution < 1.29 is 14.4 Å². The largest absolute Gasteiger partial charge is 0.348 e. The molecule has 6 nitrogen and oxygen atoms in total. The second kappa shape index (κ2) is 7.35. The zero-order chi connectivity index (χ0) is 20.6. The Kier molecular flexibility index (Phi) is 4.86. The van der Waals surface area contributed by atoms with Crippen LogP contribution >= 0.6 is 0 Å². The van der Waals surface area contributed by atoms with Crippen LogP contribution in [-0.4, -0.2) is 34.8 Å². The minimum absolute atomic E-state index is 0.175. The van der Waals surface area contributed by atoms with E-state index in [1.807, 2.05) is 61.5 Å². The highest BCUT2D eigenvalue weighted by Crippen LogP contribution is 2.42. The molecule has 1 saturated heterocycles. The van der Waals surface area contributed by atoms with E-state index >= 15 is 0 Å². The maximum Gasteiger partial charge on any atom is 0.325 e. The predicted octanol–water partition coefficient (Wildman–Crippen LogP) is 3.25. The van der Waals surface area contributed by atoms with Crippen LogP contribution < -0.4 is 10.6 Å². The SMILES string of the molecule is C[C@H](NC(=O)CN1C(=O)N[C@@](C)(C2CC2)C1=O)c1ccc(-c2ccccc2)cc1. The molecule has 2 aliphatic rings. The van der Waals surface area contributed by atoms with E-state index in [0.29, 0.717) is 0 Å². The van der Waals surface area contributed by atoms with Gasteiger partial charge in [0.1, 0.15) is 12.1 Å². The maximum absolute atomic E-state index is 12.6. The summed E-state index contributed by atoms with van der Waals surface area (Å²) >= 11 is 0. The lowest BCUT2D eigenvalue weighted by atomic mass is 9.96. The van der Waals surface area contributed by atoms with Crippen LogP contribution in [0.4, 0.5) is 4.79 Å². The molecule has 1 aliphatic heterocycles. The molecule has 2 fully saturated rings. The van der Waals surface area contributed by atoms with Gasteiger partial charge in [0.2, 0.25) is 5.91 Å². The summed E-state index contributed by atoms with van der Waals surface area (Å²) < 4.78 is 0. The Hall–Kier alpha value is -3.15. The summed E-state index contributed by atoms with van der Waals surface area (Å²) in [5.74, 6) is -0.484. The standard InChI is InChI=1S/C23H25N3O3/c1-15(16-8-10-18(11-9-16)17-6-4-3-5-7-17)24-20(27)14-26-21(28)23(2,19-12-13-19)25-22(26)29/h3-11,15,19H,12-14H2,1-2H3,(H,24,27)(H,25,29)/t15-,23-/m0/s1. The lowest BCUT2D eigenvalue weighted by Gasteiger charge is -2.21. The van der Waals surface area contributed by atoms with Gasteiger partial charge in [0, 0.05) is 0 Å². The second-order valence-corrected chi connectivity index (χ2v) is 8.08. The molecule has 6 heteroatoms. The third-order valence-electron chi connectivity index (χ3n) is 5.89. The molecular formula is C23H25N3O3. The van der Waals surface area contributed by atoms with Crippen molar-refractivity contribution >= 4 is 17.8 Å². The quantitative estimate of drug-likeness (QED) is 0.742. The first-order chi connectivity index (χ1) is 13.9.